The van der Waals surface area contributed by atoms with Gasteiger partial charge >= 0.3 is 23.6 Å². The van der Waals surface area contributed by atoms with Gasteiger partial charge in [-0.05, 0) is 73.9 Å². The molecule has 19 nitrogen and oxygen atoms in total. The summed E-state index contributed by atoms with van der Waals surface area (Å²) in [6.45, 7) is 17.5. The maximum atomic E-state index is 15.7. The lowest BCUT2D eigenvalue weighted by Gasteiger charge is -2.40. The molecule has 8 aromatic rings. The van der Waals surface area contributed by atoms with E-state index in [0.29, 0.717) is 73.0 Å². The summed E-state index contributed by atoms with van der Waals surface area (Å²) in [6.07, 6.45) is 5.27. The second kappa shape index (κ2) is 23.8. The highest BCUT2D eigenvalue weighted by atomic mass is 35.5. The maximum absolute atomic E-state index is 15.7. The Morgan fingerprint density at radius 1 is 0.637 bits per heavy atom. The van der Waals surface area contributed by atoms with E-state index in [4.69, 9.17) is 21.1 Å². The molecule has 2 amide bonds. The van der Waals surface area contributed by atoms with Gasteiger partial charge in [-0.3, -0.25) is 23.9 Å². The minimum atomic E-state index is -1.08. The van der Waals surface area contributed by atoms with Crippen LogP contribution < -0.4 is 26.7 Å². The van der Waals surface area contributed by atoms with Gasteiger partial charge in [-0.25, -0.2) is 28.6 Å². The molecule has 0 spiro atoms. The number of hydrogen-bond donors (Lipinski definition) is 1. The van der Waals surface area contributed by atoms with Gasteiger partial charge in [0, 0.05) is 76.1 Å². The maximum Gasteiger partial charge on any atom is 0.410 e. The van der Waals surface area contributed by atoms with Crippen molar-refractivity contribution < 1.29 is 27.8 Å². The van der Waals surface area contributed by atoms with Crippen LogP contribution in [0.5, 0.6) is 0 Å². The largest absolute Gasteiger partial charge is 0.445 e. The predicted octanol–water partition coefficient (Wildman–Crippen LogP) is 9.13. The molecule has 8 heterocycles. The van der Waals surface area contributed by atoms with Gasteiger partial charge in [-0.2, -0.15) is 14.4 Å². The molecular weight excluding hydrogens is 1050 g/mol. The van der Waals surface area contributed by atoms with Crippen LogP contribution in [0.4, 0.5) is 30.0 Å². The van der Waals surface area contributed by atoms with E-state index in [-0.39, 0.29) is 70.3 Å². The first kappa shape index (κ1) is 56.1. The second-order valence-electron chi connectivity index (χ2n) is 20.5. The standard InChI is InChI=1S/C29H30ClFN6O3.C29H31FN6O4/c1-17(2)23-24(18(3)10-11-32-23)37-25-21(14-33-26(30)22(25)31)27(34-28(37)38)36-13-12-35(15-19(36)4)29(39)40-16-20-8-6-5-7-9-20;1-17(2)23-24(18(3)10-11-31-23)36-25-21(14-32-27(37)22(25)30)26(33-28(36)38)35-13-12-34(15-19(35)4)29(39)40-16-20-8-6-5-7-9-20/h5-11,14,17,19H,12-13,15-16H2,1-4H3;5-11,14,17,19H,12-13,15-16H2,1-4H3,(H,32,37)/t2*19-/m00/s1. The summed E-state index contributed by atoms with van der Waals surface area (Å²) in [5.41, 5.74) is 2.88. The molecule has 6 aromatic heterocycles. The van der Waals surface area contributed by atoms with E-state index < -0.39 is 40.8 Å². The lowest BCUT2D eigenvalue weighted by Crippen LogP contribution is -2.54. The number of aryl methyl sites for hydroxylation is 2. The number of aromatic amines is 1. The SMILES string of the molecule is Cc1ccnc(C(C)C)c1-n1c(=O)nc(N2CCN(C(=O)OCc3ccccc3)C[C@@H]2C)c2c[nH]c(=O)c(F)c21.Cc1ccnc(C(C)C)c1-n1c(=O)nc(N2CCN(C(=O)OCc3ccccc3)C[C@@H]2C)c2cnc(Cl)c(F)c21. The fourth-order valence-corrected chi connectivity index (χ4v) is 10.4. The third kappa shape index (κ3) is 11.3. The summed E-state index contributed by atoms with van der Waals surface area (Å²) < 4.78 is 44.7. The Bertz CT molecular complexity index is 3810. The van der Waals surface area contributed by atoms with Crippen molar-refractivity contribution in [2.75, 3.05) is 49.1 Å². The molecule has 2 aromatic carbocycles. The zero-order valence-electron chi connectivity index (χ0n) is 45.6. The fourth-order valence-electron chi connectivity index (χ4n) is 10.2. The molecule has 416 valence electrons. The molecule has 2 aliphatic rings. The topological polar surface area (TPSA) is 207 Å². The van der Waals surface area contributed by atoms with Gasteiger partial charge < -0.3 is 34.1 Å². The highest BCUT2D eigenvalue weighted by Gasteiger charge is 2.34. The van der Waals surface area contributed by atoms with Crippen LogP contribution in [-0.4, -0.2) is 112 Å². The minimum absolute atomic E-state index is 0.00935. The van der Waals surface area contributed by atoms with Gasteiger partial charge in [0.25, 0.3) is 5.56 Å². The smallest absolute Gasteiger partial charge is 0.410 e. The molecule has 1 N–H and O–H groups in total. The summed E-state index contributed by atoms with van der Waals surface area (Å²) in [4.78, 5) is 96.4. The number of amides is 2. The van der Waals surface area contributed by atoms with Crippen molar-refractivity contribution in [3.05, 3.63) is 179 Å². The zero-order chi connectivity index (χ0) is 57.1. The first-order valence-electron chi connectivity index (χ1n) is 26.3. The number of carbonyl (C=O) groups is 2. The molecule has 0 saturated carbocycles. The van der Waals surface area contributed by atoms with Gasteiger partial charge in [-0.15, -0.1) is 0 Å². The van der Waals surface area contributed by atoms with Crippen molar-refractivity contribution in [1.82, 2.24) is 48.8 Å². The van der Waals surface area contributed by atoms with Crippen LogP contribution in [0, 0.1) is 25.5 Å². The second-order valence-corrected chi connectivity index (χ2v) is 20.9. The molecule has 2 atom stereocenters. The number of piperazine rings is 2. The first-order valence-corrected chi connectivity index (χ1v) is 26.7. The predicted molar refractivity (Wildman–Crippen MR) is 301 cm³/mol. The van der Waals surface area contributed by atoms with Crippen LogP contribution in [0.1, 0.15) is 87.0 Å². The molecular formula is C58H61ClF2N12O7. The van der Waals surface area contributed by atoms with Crippen LogP contribution in [0.2, 0.25) is 5.15 Å². The summed E-state index contributed by atoms with van der Waals surface area (Å²) in [5.74, 6) is -1.47. The number of aromatic nitrogens is 8. The number of fused-ring (bicyclic) bond motifs is 2. The van der Waals surface area contributed by atoms with E-state index in [9.17, 15) is 24.0 Å². The summed E-state index contributed by atoms with van der Waals surface area (Å²) in [7, 11) is 0. The summed E-state index contributed by atoms with van der Waals surface area (Å²) >= 11 is 6.13. The van der Waals surface area contributed by atoms with Crippen molar-refractivity contribution in [2.45, 2.75) is 92.5 Å². The molecule has 2 aliphatic heterocycles. The van der Waals surface area contributed by atoms with Crippen LogP contribution in [-0.2, 0) is 22.7 Å². The minimum Gasteiger partial charge on any atom is -0.445 e. The Hall–Kier alpha value is -8.59. The van der Waals surface area contributed by atoms with E-state index in [1.165, 1.54) is 17.0 Å². The van der Waals surface area contributed by atoms with Gasteiger partial charge in [0.2, 0.25) is 5.82 Å². The highest BCUT2D eigenvalue weighted by Crippen LogP contribution is 2.35. The number of ether oxygens (including phenoxy) is 2. The number of nitrogens with zero attached hydrogens (tertiary/aromatic N) is 11. The molecule has 10 rings (SSSR count). The Morgan fingerprint density at radius 2 is 1.07 bits per heavy atom. The number of rotatable bonds is 10. The third-order valence-electron chi connectivity index (χ3n) is 14.3. The van der Waals surface area contributed by atoms with Crippen molar-refractivity contribution in [2.24, 2.45) is 0 Å². The number of benzene rings is 2. The zero-order valence-corrected chi connectivity index (χ0v) is 46.4. The number of hydrogen-bond acceptors (Lipinski definition) is 14. The monoisotopic (exact) mass is 1110 g/mol. The van der Waals surface area contributed by atoms with E-state index in [2.05, 4.69) is 29.9 Å². The summed E-state index contributed by atoms with van der Waals surface area (Å²) in [6, 6.07) is 21.9. The molecule has 0 aliphatic carbocycles. The number of pyridine rings is 4. The van der Waals surface area contributed by atoms with Crippen LogP contribution in [0.25, 0.3) is 33.2 Å². The van der Waals surface area contributed by atoms with Gasteiger partial charge in [0.15, 0.2) is 11.0 Å². The van der Waals surface area contributed by atoms with E-state index in [1.807, 2.05) is 119 Å². The molecule has 2 fully saturated rings. The van der Waals surface area contributed by atoms with Crippen molar-refractivity contribution in [1.29, 1.82) is 0 Å². The van der Waals surface area contributed by atoms with Gasteiger partial charge in [-0.1, -0.05) is 100.0 Å². The first-order chi connectivity index (χ1) is 38.3. The van der Waals surface area contributed by atoms with Gasteiger partial charge in [0.05, 0.1) is 33.5 Å². The Morgan fingerprint density at radius 3 is 1.51 bits per heavy atom. The molecule has 2 saturated heterocycles. The molecule has 0 radical (unpaired) electrons. The Labute approximate surface area is 464 Å². The van der Waals surface area contributed by atoms with Crippen LogP contribution >= 0.6 is 11.6 Å². The number of carbonyl (C=O) groups excluding carboxylic acids is 2. The Kier molecular flexibility index (Phi) is 16.7. The van der Waals surface area contributed by atoms with Crippen molar-refractivity contribution >= 4 is 57.2 Å². The van der Waals surface area contributed by atoms with Gasteiger partial charge in [0.1, 0.15) is 35.9 Å². The molecule has 80 heavy (non-hydrogen) atoms. The number of anilines is 2. The number of halogens is 3. The fraction of sp³-hybridized carbons (Fsp3) is 0.345. The molecule has 22 heteroatoms. The number of nitrogens with one attached hydrogen (secondary N) is 1. The normalized spacial score (nSPS) is 15.6. The lowest BCUT2D eigenvalue weighted by atomic mass is 10.0. The molecule has 0 unspecified atom stereocenters. The van der Waals surface area contributed by atoms with E-state index >= 15 is 8.78 Å². The number of H-pyrrole nitrogens is 1. The van der Waals surface area contributed by atoms with E-state index in [0.717, 1.165) is 21.3 Å². The lowest BCUT2D eigenvalue weighted by molar-refractivity contribution is 0.0892. The van der Waals surface area contributed by atoms with Crippen molar-refractivity contribution in [3.63, 3.8) is 0 Å². The third-order valence-corrected chi connectivity index (χ3v) is 14.5. The van der Waals surface area contributed by atoms with Crippen LogP contribution in [0.3, 0.4) is 0 Å². The average Bonchev–Trinajstić information content (AvgIpc) is 3.50. The summed E-state index contributed by atoms with van der Waals surface area (Å²) in [5, 5.41) is 0.275. The van der Waals surface area contributed by atoms with Crippen LogP contribution in [0.15, 0.2) is 112 Å². The molecule has 0 bridgehead atoms. The van der Waals surface area contributed by atoms with E-state index in [1.54, 1.807) is 41.2 Å². The quantitative estimate of drug-likeness (QED) is 0.127. The average molecular weight is 1110 g/mol. The Balaban J connectivity index is 0.000000194. The highest BCUT2D eigenvalue weighted by molar-refractivity contribution is 6.30. The van der Waals surface area contributed by atoms with Crippen molar-refractivity contribution in [3.8, 4) is 11.4 Å².